The van der Waals surface area contributed by atoms with Crippen LogP contribution in [-0.4, -0.2) is 6.54 Å². The number of hydrogen-bond donors (Lipinski definition) is 1. The second-order valence-electron chi connectivity index (χ2n) is 4.22. The first-order chi connectivity index (χ1) is 6.72. The Labute approximate surface area is 85.6 Å². The first-order valence-electron chi connectivity index (χ1n) is 5.21. The van der Waals surface area contributed by atoms with Crippen LogP contribution in [0.5, 0.6) is 0 Å². The molecule has 0 aromatic heterocycles. The fourth-order valence-corrected chi connectivity index (χ4v) is 2.15. The van der Waals surface area contributed by atoms with Crippen molar-refractivity contribution in [1.82, 2.24) is 0 Å². The third kappa shape index (κ3) is 1.48. The number of benzene rings is 1. The lowest BCUT2D eigenvalue weighted by Gasteiger charge is -2.14. The van der Waals surface area contributed by atoms with Gasteiger partial charge >= 0.3 is 0 Å². The lowest BCUT2D eigenvalue weighted by molar-refractivity contribution is 0.764. The zero-order valence-corrected chi connectivity index (χ0v) is 8.88. The Bertz CT molecular complexity index is 377. The van der Waals surface area contributed by atoms with Gasteiger partial charge in [0.05, 0.1) is 0 Å². The van der Waals surface area contributed by atoms with Gasteiger partial charge in [0.1, 0.15) is 0 Å². The van der Waals surface area contributed by atoms with Gasteiger partial charge < -0.3 is 5.73 Å². The van der Waals surface area contributed by atoms with E-state index < -0.39 is 0 Å². The summed E-state index contributed by atoms with van der Waals surface area (Å²) in [5, 5.41) is 0. The maximum Gasteiger partial charge on any atom is -0.00108 e. The van der Waals surface area contributed by atoms with Crippen LogP contribution in [0.15, 0.2) is 23.8 Å². The van der Waals surface area contributed by atoms with Crippen molar-refractivity contribution in [2.75, 3.05) is 6.54 Å². The van der Waals surface area contributed by atoms with Crippen molar-refractivity contribution in [1.29, 1.82) is 0 Å². The molecule has 0 amide bonds. The molecule has 2 rings (SSSR count). The van der Waals surface area contributed by atoms with Crippen molar-refractivity contribution in [3.63, 3.8) is 0 Å². The predicted octanol–water partition coefficient (Wildman–Crippen LogP) is 2.71. The molecule has 0 aliphatic heterocycles. The highest BCUT2D eigenvalue weighted by atomic mass is 14.5. The fraction of sp³-hybridized carbons (Fsp3) is 0.385. The van der Waals surface area contributed by atoms with E-state index >= 15 is 0 Å². The largest absolute Gasteiger partial charge is 0.330 e. The fourth-order valence-electron chi connectivity index (χ4n) is 2.15. The van der Waals surface area contributed by atoms with E-state index in [9.17, 15) is 0 Å². The molecule has 2 N–H and O–H groups in total. The van der Waals surface area contributed by atoms with Gasteiger partial charge in [0, 0.05) is 0 Å². The number of allylic oxidation sites excluding steroid dienone is 1. The molecule has 1 aromatic rings. The SMILES string of the molecule is CC1=Cc2cccc(C(C)CN)c2C1. The zero-order chi connectivity index (χ0) is 10.1. The number of fused-ring (bicyclic) bond motifs is 1. The third-order valence-electron chi connectivity index (χ3n) is 2.99. The van der Waals surface area contributed by atoms with Crippen LogP contribution >= 0.6 is 0 Å². The molecular formula is C13H17N. The normalized spacial score (nSPS) is 16.4. The lowest BCUT2D eigenvalue weighted by atomic mass is 9.93. The monoisotopic (exact) mass is 187 g/mol. The van der Waals surface area contributed by atoms with Gasteiger partial charge in [0.15, 0.2) is 0 Å². The van der Waals surface area contributed by atoms with Crippen LogP contribution in [0.25, 0.3) is 6.08 Å². The molecule has 1 atom stereocenters. The van der Waals surface area contributed by atoms with Gasteiger partial charge in [-0.3, -0.25) is 0 Å². The van der Waals surface area contributed by atoms with Crippen molar-refractivity contribution < 1.29 is 0 Å². The molecule has 1 aromatic carbocycles. The maximum atomic E-state index is 5.72. The number of hydrogen-bond acceptors (Lipinski definition) is 1. The standard InChI is InChI=1S/C13H17N/c1-9-6-11-4-3-5-12(10(2)8-14)13(11)7-9/h3-6,10H,7-8,14H2,1-2H3. The minimum atomic E-state index is 0.476. The molecular weight excluding hydrogens is 170 g/mol. The summed E-state index contributed by atoms with van der Waals surface area (Å²) < 4.78 is 0. The van der Waals surface area contributed by atoms with Crippen LogP contribution < -0.4 is 5.73 Å². The molecule has 1 heteroatoms. The molecule has 74 valence electrons. The lowest BCUT2D eigenvalue weighted by Crippen LogP contribution is -2.11. The summed E-state index contributed by atoms with van der Waals surface area (Å²) in [6.07, 6.45) is 3.39. The summed E-state index contributed by atoms with van der Waals surface area (Å²) in [6, 6.07) is 6.54. The van der Waals surface area contributed by atoms with Crippen LogP contribution in [0.4, 0.5) is 0 Å². The summed E-state index contributed by atoms with van der Waals surface area (Å²) in [5.74, 6) is 0.476. The average molecular weight is 187 g/mol. The predicted molar refractivity (Wildman–Crippen MR) is 61.3 cm³/mol. The zero-order valence-electron chi connectivity index (χ0n) is 8.88. The van der Waals surface area contributed by atoms with Crippen LogP contribution in [0.2, 0.25) is 0 Å². The first kappa shape index (κ1) is 9.47. The van der Waals surface area contributed by atoms with E-state index in [4.69, 9.17) is 5.73 Å². The van der Waals surface area contributed by atoms with E-state index in [1.807, 2.05) is 0 Å². The van der Waals surface area contributed by atoms with Crippen molar-refractivity contribution in [3.8, 4) is 0 Å². The van der Waals surface area contributed by atoms with Gasteiger partial charge in [0.2, 0.25) is 0 Å². The minimum absolute atomic E-state index is 0.476. The molecule has 1 aliphatic rings. The van der Waals surface area contributed by atoms with E-state index in [-0.39, 0.29) is 0 Å². The molecule has 0 radical (unpaired) electrons. The highest BCUT2D eigenvalue weighted by Gasteiger charge is 2.16. The van der Waals surface area contributed by atoms with Gasteiger partial charge in [-0.05, 0) is 42.5 Å². The van der Waals surface area contributed by atoms with E-state index in [1.165, 1.54) is 22.3 Å². The summed E-state index contributed by atoms with van der Waals surface area (Å²) >= 11 is 0. The second kappa shape index (κ2) is 3.58. The molecule has 0 saturated heterocycles. The molecule has 1 aliphatic carbocycles. The molecule has 0 fully saturated rings. The Morgan fingerprint density at radius 2 is 2.21 bits per heavy atom. The van der Waals surface area contributed by atoms with Crippen molar-refractivity contribution in [2.45, 2.75) is 26.2 Å². The molecule has 0 saturated carbocycles. The first-order valence-corrected chi connectivity index (χ1v) is 5.21. The highest BCUT2D eigenvalue weighted by molar-refractivity contribution is 5.65. The summed E-state index contributed by atoms with van der Waals surface area (Å²) in [6.45, 7) is 5.12. The van der Waals surface area contributed by atoms with Gasteiger partial charge in [-0.1, -0.05) is 36.8 Å². The second-order valence-corrected chi connectivity index (χ2v) is 4.22. The summed E-state index contributed by atoms with van der Waals surface area (Å²) in [7, 11) is 0. The van der Waals surface area contributed by atoms with Crippen molar-refractivity contribution >= 4 is 6.08 Å². The van der Waals surface area contributed by atoms with Crippen LogP contribution in [0.3, 0.4) is 0 Å². The van der Waals surface area contributed by atoms with Gasteiger partial charge in [-0.15, -0.1) is 0 Å². The number of rotatable bonds is 2. The minimum Gasteiger partial charge on any atom is -0.330 e. The molecule has 14 heavy (non-hydrogen) atoms. The van der Waals surface area contributed by atoms with Gasteiger partial charge in [-0.25, -0.2) is 0 Å². The van der Waals surface area contributed by atoms with Crippen molar-refractivity contribution in [2.24, 2.45) is 5.73 Å². The van der Waals surface area contributed by atoms with E-state index in [0.717, 1.165) is 13.0 Å². The molecule has 1 unspecified atom stereocenters. The van der Waals surface area contributed by atoms with Gasteiger partial charge in [0.25, 0.3) is 0 Å². The average Bonchev–Trinajstić information content (AvgIpc) is 2.56. The van der Waals surface area contributed by atoms with E-state index in [1.54, 1.807) is 0 Å². The topological polar surface area (TPSA) is 26.0 Å². The third-order valence-corrected chi connectivity index (χ3v) is 2.99. The van der Waals surface area contributed by atoms with Crippen LogP contribution in [0.1, 0.15) is 36.5 Å². The Morgan fingerprint density at radius 3 is 2.93 bits per heavy atom. The Morgan fingerprint density at radius 1 is 1.43 bits per heavy atom. The maximum absolute atomic E-state index is 5.72. The van der Waals surface area contributed by atoms with Crippen LogP contribution in [0, 0.1) is 0 Å². The number of nitrogens with two attached hydrogens (primary N) is 1. The molecule has 0 spiro atoms. The van der Waals surface area contributed by atoms with E-state index in [0.29, 0.717) is 5.92 Å². The summed E-state index contributed by atoms with van der Waals surface area (Å²) in [5.41, 5.74) is 11.5. The summed E-state index contributed by atoms with van der Waals surface area (Å²) in [4.78, 5) is 0. The van der Waals surface area contributed by atoms with Crippen LogP contribution in [-0.2, 0) is 6.42 Å². The Hall–Kier alpha value is -1.08. The van der Waals surface area contributed by atoms with Gasteiger partial charge in [-0.2, -0.15) is 0 Å². The molecule has 0 heterocycles. The quantitative estimate of drug-likeness (QED) is 0.757. The molecule has 0 bridgehead atoms. The molecule has 1 nitrogen and oxygen atoms in total. The Kier molecular flexibility index (Phi) is 2.42. The smallest absolute Gasteiger partial charge is 0.00108 e. The van der Waals surface area contributed by atoms with Crippen molar-refractivity contribution in [3.05, 3.63) is 40.5 Å². The Balaban J connectivity index is 2.43. The highest BCUT2D eigenvalue weighted by Crippen LogP contribution is 2.31. The van der Waals surface area contributed by atoms with E-state index in [2.05, 4.69) is 38.1 Å².